The Hall–Kier alpha value is -2.21. The van der Waals surface area contributed by atoms with Gasteiger partial charge in [-0.3, -0.25) is 4.79 Å². The normalized spacial score (nSPS) is 19.4. The Morgan fingerprint density at radius 2 is 2.24 bits per heavy atom. The van der Waals surface area contributed by atoms with Crippen LogP contribution < -0.4 is 5.32 Å². The van der Waals surface area contributed by atoms with Crippen LogP contribution in [0.4, 0.5) is 0 Å². The second kappa shape index (κ2) is 6.05. The smallest absolute Gasteiger partial charge is 0.249 e. The zero-order valence-electron chi connectivity index (χ0n) is 11.9. The van der Waals surface area contributed by atoms with Crippen LogP contribution in [0.25, 0.3) is 5.69 Å². The maximum atomic E-state index is 12.0. The zero-order valence-corrected chi connectivity index (χ0v) is 11.9. The summed E-state index contributed by atoms with van der Waals surface area (Å²) >= 11 is 0. The fourth-order valence-electron chi connectivity index (χ4n) is 2.43. The Kier molecular flexibility index (Phi) is 3.96. The number of amides is 1. The second-order valence-electron chi connectivity index (χ2n) is 5.16. The maximum absolute atomic E-state index is 12.0. The number of hydrogen-bond acceptors (Lipinski definition) is 4. The molecule has 0 bridgehead atoms. The van der Waals surface area contributed by atoms with Crippen molar-refractivity contribution < 1.29 is 9.53 Å². The van der Waals surface area contributed by atoms with Crippen molar-refractivity contribution in [1.29, 1.82) is 0 Å². The maximum Gasteiger partial charge on any atom is 0.249 e. The molecule has 110 valence electrons. The lowest BCUT2D eigenvalue weighted by molar-refractivity contribution is -0.130. The highest BCUT2D eigenvalue weighted by Gasteiger charge is 2.24. The molecule has 1 N–H and O–H groups in total. The highest BCUT2D eigenvalue weighted by molar-refractivity contribution is 5.81. The van der Waals surface area contributed by atoms with E-state index in [9.17, 15) is 4.79 Å². The number of nitrogens with zero attached hydrogens (tertiary/aromatic N) is 3. The number of carbonyl (C=O) groups is 1. The Morgan fingerprint density at radius 3 is 2.86 bits per heavy atom. The number of ether oxygens (including phenoxy) is 1. The molecule has 0 aliphatic carbocycles. The minimum atomic E-state index is -0.290. The quantitative estimate of drug-likeness (QED) is 0.927. The van der Waals surface area contributed by atoms with Crippen molar-refractivity contribution in [3.8, 4) is 5.69 Å². The molecule has 6 nitrogen and oxygen atoms in total. The third kappa shape index (κ3) is 3.11. The molecule has 0 spiro atoms. The second-order valence-corrected chi connectivity index (χ2v) is 5.16. The predicted molar refractivity (Wildman–Crippen MR) is 76.9 cm³/mol. The van der Waals surface area contributed by atoms with E-state index in [-0.39, 0.29) is 18.1 Å². The van der Waals surface area contributed by atoms with Crippen LogP contribution >= 0.6 is 0 Å². The van der Waals surface area contributed by atoms with E-state index in [1.165, 1.54) is 6.33 Å². The van der Waals surface area contributed by atoms with E-state index in [4.69, 9.17) is 4.74 Å². The summed E-state index contributed by atoms with van der Waals surface area (Å²) < 4.78 is 7.08. The molecule has 21 heavy (non-hydrogen) atoms. The molecular weight excluding hydrogens is 268 g/mol. The molecule has 1 amide bonds. The van der Waals surface area contributed by atoms with E-state index in [0.717, 1.165) is 24.1 Å². The van der Waals surface area contributed by atoms with Gasteiger partial charge in [-0.15, -0.1) is 0 Å². The van der Waals surface area contributed by atoms with Gasteiger partial charge in [-0.25, -0.2) is 9.67 Å². The van der Waals surface area contributed by atoms with Crippen molar-refractivity contribution in [2.24, 2.45) is 0 Å². The molecule has 2 aromatic rings. The summed E-state index contributed by atoms with van der Waals surface area (Å²) in [6, 6.07) is 7.83. The Labute approximate surface area is 123 Å². The predicted octanol–water partition coefficient (Wildman–Crippen LogP) is 1.62. The van der Waals surface area contributed by atoms with Gasteiger partial charge in [0.05, 0.1) is 11.7 Å². The van der Waals surface area contributed by atoms with Gasteiger partial charge < -0.3 is 10.1 Å². The molecule has 2 heterocycles. The van der Waals surface area contributed by atoms with Gasteiger partial charge in [0.25, 0.3) is 0 Å². The molecule has 2 atom stereocenters. The van der Waals surface area contributed by atoms with E-state index in [1.807, 2.05) is 31.2 Å². The van der Waals surface area contributed by atoms with Crippen LogP contribution in [-0.2, 0) is 9.53 Å². The summed E-state index contributed by atoms with van der Waals surface area (Å²) in [6.45, 7) is 2.65. The molecule has 1 aromatic heterocycles. The number of aromatic nitrogens is 3. The highest BCUT2D eigenvalue weighted by Crippen LogP contribution is 2.17. The molecule has 0 radical (unpaired) electrons. The van der Waals surface area contributed by atoms with E-state index in [2.05, 4.69) is 15.4 Å². The zero-order chi connectivity index (χ0) is 14.7. The van der Waals surface area contributed by atoms with Crippen molar-refractivity contribution in [2.45, 2.75) is 31.9 Å². The van der Waals surface area contributed by atoms with Crippen LogP contribution in [0.1, 0.15) is 31.4 Å². The summed E-state index contributed by atoms with van der Waals surface area (Å²) in [5.41, 5.74) is 1.99. The molecule has 0 unspecified atom stereocenters. The summed E-state index contributed by atoms with van der Waals surface area (Å²) in [7, 11) is 0. The average molecular weight is 286 g/mol. The first kappa shape index (κ1) is 13.8. The third-order valence-electron chi connectivity index (χ3n) is 3.66. The van der Waals surface area contributed by atoms with Crippen molar-refractivity contribution in [3.05, 3.63) is 42.5 Å². The summed E-state index contributed by atoms with van der Waals surface area (Å²) in [4.78, 5) is 15.9. The van der Waals surface area contributed by atoms with Crippen LogP contribution in [0, 0.1) is 0 Å². The molecule has 6 heteroatoms. The van der Waals surface area contributed by atoms with E-state index >= 15 is 0 Å². The van der Waals surface area contributed by atoms with Gasteiger partial charge in [-0.1, -0.05) is 12.1 Å². The SMILES string of the molecule is C[C@H](NC(=O)[C@@H]1CCCO1)c1ccc(-n2cncn2)cc1. The fourth-order valence-corrected chi connectivity index (χ4v) is 2.43. The molecule has 1 aliphatic heterocycles. The van der Waals surface area contributed by atoms with Gasteiger partial charge in [0, 0.05) is 6.61 Å². The van der Waals surface area contributed by atoms with Crippen molar-refractivity contribution >= 4 is 5.91 Å². The lowest BCUT2D eigenvalue weighted by atomic mass is 10.1. The highest BCUT2D eigenvalue weighted by atomic mass is 16.5. The Bertz CT molecular complexity index is 589. The monoisotopic (exact) mass is 286 g/mol. The van der Waals surface area contributed by atoms with Gasteiger partial charge >= 0.3 is 0 Å². The molecule has 1 saturated heterocycles. The van der Waals surface area contributed by atoms with Gasteiger partial charge in [-0.2, -0.15) is 5.10 Å². The Morgan fingerprint density at radius 1 is 1.43 bits per heavy atom. The van der Waals surface area contributed by atoms with Gasteiger partial charge in [0.1, 0.15) is 18.8 Å². The molecule has 1 aliphatic rings. The first-order valence-corrected chi connectivity index (χ1v) is 7.11. The van der Waals surface area contributed by atoms with Gasteiger partial charge in [-0.05, 0) is 37.5 Å². The standard InChI is InChI=1S/C15H18N4O2/c1-11(18-15(20)14-3-2-8-21-14)12-4-6-13(7-5-12)19-10-16-9-17-19/h4-7,9-11,14H,2-3,8H2,1H3,(H,18,20)/t11-,14-/m0/s1. The summed E-state index contributed by atoms with van der Waals surface area (Å²) in [5.74, 6) is -0.0275. The topological polar surface area (TPSA) is 69.0 Å². The largest absolute Gasteiger partial charge is 0.368 e. The first-order chi connectivity index (χ1) is 10.2. The molecular formula is C15H18N4O2. The van der Waals surface area contributed by atoms with E-state index in [1.54, 1.807) is 11.0 Å². The lowest BCUT2D eigenvalue weighted by Crippen LogP contribution is -2.35. The summed E-state index contributed by atoms with van der Waals surface area (Å²) in [6.07, 6.45) is 4.63. The van der Waals surface area contributed by atoms with Crippen LogP contribution in [0.15, 0.2) is 36.9 Å². The lowest BCUT2D eigenvalue weighted by Gasteiger charge is -2.17. The first-order valence-electron chi connectivity index (χ1n) is 7.11. The van der Waals surface area contributed by atoms with Gasteiger partial charge in [0.15, 0.2) is 0 Å². The third-order valence-corrected chi connectivity index (χ3v) is 3.66. The molecule has 1 fully saturated rings. The number of carbonyl (C=O) groups excluding carboxylic acids is 1. The molecule has 1 aromatic carbocycles. The minimum Gasteiger partial charge on any atom is -0.368 e. The molecule has 3 rings (SSSR count). The van der Waals surface area contributed by atoms with E-state index in [0.29, 0.717) is 6.61 Å². The van der Waals surface area contributed by atoms with Crippen molar-refractivity contribution in [3.63, 3.8) is 0 Å². The van der Waals surface area contributed by atoms with Crippen LogP contribution in [0.2, 0.25) is 0 Å². The van der Waals surface area contributed by atoms with Crippen molar-refractivity contribution in [1.82, 2.24) is 20.1 Å². The fraction of sp³-hybridized carbons (Fsp3) is 0.400. The van der Waals surface area contributed by atoms with Crippen LogP contribution in [0.3, 0.4) is 0 Å². The van der Waals surface area contributed by atoms with Crippen molar-refractivity contribution in [2.75, 3.05) is 6.61 Å². The van der Waals surface area contributed by atoms with Crippen LogP contribution in [0.5, 0.6) is 0 Å². The Balaban J connectivity index is 1.64. The molecule has 0 saturated carbocycles. The van der Waals surface area contributed by atoms with Gasteiger partial charge in [0.2, 0.25) is 5.91 Å². The number of benzene rings is 1. The average Bonchev–Trinajstić information content (AvgIpc) is 3.20. The number of rotatable bonds is 4. The minimum absolute atomic E-state index is 0.0275. The van der Waals surface area contributed by atoms with E-state index < -0.39 is 0 Å². The van der Waals surface area contributed by atoms with Crippen LogP contribution in [-0.4, -0.2) is 33.4 Å². The number of hydrogen-bond donors (Lipinski definition) is 1. The summed E-state index contributed by atoms with van der Waals surface area (Å²) in [5, 5.41) is 7.07. The number of nitrogens with one attached hydrogen (secondary N) is 1.